The van der Waals surface area contributed by atoms with Gasteiger partial charge in [0.15, 0.2) is 0 Å². The van der Waals surface area contributed by atoms with Gasteiger partial charge in [0.05, 0.1) is 0 Å². The summed E-state index contributed by atoms with van der Waals surface area (Å²) in [5, 5.41) is 7.58. The van der Waals surface area contributed by atoms with Crippen LogP contribution in [-0.2, 0) is 10.0 Å². The van der Waals surface area contributed by atoms with E-state index in [4.69, 9.17) is 4.74 Å². The zero-order chi connectivity index (χ0) is 16.3. The monoisotopic (exact) mass is 337 g/mol. The van der Waals surface area contributed by atoms with Crippen LogP contribution < -0.4 is 4.74 Å². The van der Waals surface area contributed by atoms with Gasteiger partial charge in [-0.05, 0) is 31.0 Å². The molecular formula is C15H16FN3O3S. The van der Waals surface area contributed by atoms with Crippen molar-refractivity contribution in [1.82, 2.24) is 14.5 Å². The van der Waals surface area contributed by atoms with Crippen molar-refractivity contribution in [2.45, 2.75) is 23.8 Å². The van der Waals surface area contributed by atoms with Gasteiger partial charge in [0.2, 0.25) is 15.9 Å². The summed E-state index contributed by atoms with van der Waals surface area (Å²) in [6.45, 7) is 0.559. The average Bonchev–Trinajstić information content (AvgIpc) is 2.56. The highest BCUT2D eigenvalue weighted by molar-refractivity contribution is 7.89. The van der Waals surface area contributed by atoms with Crippen LogP contribution in [0, 0.1) is 5.82 Å². The van der Waals surface area contributed by atoms with E-state index in [0.29, 0.717) is 18.7 Å². The van der Waals surface area contributed by atoms with Gasteiger partial charge < -0.3 is 4.74 Å². The van der Waals surface area contributed by atoms with E-state index in [-0.39, 0.29) is 24.1 Å². The molecule has 1 aliphatic rings. The van der Waals surface area contributed by atoms with Crippen molar-refractivity contribution >= 4 is 10.0 Å². The quantitative estimate of drug-likeness (QED) is 0.851. The van der Waals surface area contributed by atoms with Crippen LogP contribution in [0.3, 0.4) is 0 Å². The van der Waals surface area contributed by atoms with E-state index >= 15 is 0 Å². The smallest absolute Gasteiger partial charge is 0.245 e. The molecule has 1 aliphatic heterocycles. The molecule has 3 rings (SSSR count). The second-order valence-corrected chi connectivity index (χ2v) is 7.12. The third-order valence-electron chi connectivity index (χ3n) is 3.69. The Morgan fingerprint density at radius 3 is 2.52 bits per heavy atom. The Morgan fingerprint density at radius 2 is 1.87 bits per heavy atom. The molecule has 1 saturated heterocycles. The van der Waals surface area contributed by atoms with Crippen LogP contribution in [0.5, 0.6) is 5.88 Å². The zero-order valence-corrected chi connectivity index (χ0v) is 13.1. The fourth-order valence-electron chi connectivity index (χ4n) is 2.50. The van der Waals surface area contributed by atoms with Gasteiger partial charge in [0.1, 0.15) is 16.8 Å². The molecule has 1 aromatic carbocycles. The summed E-state index contributed by atoms with van der Waals surface area (Å²) in [7, 11) is -3.81. The minimum atomic E-state index is -3.81. The second kappa shape index (κ2) is 6.59. The highest BCUT2D eigenvalue weighted by Crippen LogP contribution is 2.24. The highest BCUT2D eigenvalue weighted by Gasteiger charge is 2.31. The van der Waals surface area contributed by atoms with E-state index in [1.54, 1.807) is 18.3 Å². The van der Waals surface area contributed by atoms with E-state index in [9.17, 15) is 12.8 Å². The van der Waals surface area contributed by atoms with Crippen LogP contribution in [0.1, 0.15) is 12.8 Å². The third kappa shape index (κ3) is 3.48. The van der Waals surface area contributed by atoms with Crippen molar-refractivity contribution in [3.63, 3.8) is 0 Å². The van der Waals surface area contributed by atoms with Crippen molar-refractivity contribution in [1.29, 1.82) is 0 Å². The van der Waals surface area contributed by atoms with Gasteiger partial charge in [0.25, 0.3) is 0 Å². The first kappa shape index (κ1) is 15.8. The summed E-state index contributed by atoms with van der Waals surface area (Å²) < 4.78 is 45.7. The molecule has 1 fully saturated rings. The van der Waals surface area contributed by atoms with E-state index < -0.39 is 15.8 Å². The number of aromatic nitrogens is 2. The molecule has 23 heavy (non-hydrogen) atoms. The maximum absolute atomic E-state index is 13.8. The van der Waals surface area contributed by atoms with Crippen LogP contribution in [0.25, 0.3) is 0 Å². The minimum absolute atomic E-state index is 0.126. The molecule has 0 spiro atoms. The normalized spacial score (nSPS) is 17.1. The number of benzene rings is 1. The van der Waals surface area contributed by atoms with Crippen LogP contribution in [-0.4, -0.2) is 42.1 Å². The van der Waals surface area contributed by atoms with Gasteiger partial charge in [-0.1, -0.05) is 12.1 Å². The summed E-state index contributed by atoms with van der Waals surface area (Å²) >= 11 is 0. The number of rotatable bonds is 4. The van der Waals surface area contributed by atoms with Crippen molar-refractivity contribution in [3.8, 4) is 5.88 Å². The van der Waals surface area contributed by atoms with Gasteiger partial charge in [-0.2, -0.15) is 9.40 Å². The van der Waals surface area contributed by atoms with E-state index in [0.717, 1.165) is 6.07 Å². The molecule has 0 atom stereocenters. The Kier molecular flexibility index (Phi) is 4.53. The lowest BCUT2D eigenvalue weighted by atomic mass is 10.1. The Bertz CT molecular complexity index is 763. The highest BCUT2D eigenvalue weighted by atomic mass is 32.2. The second-order valence-electron chi connectivity index (χ2n) is 5.21. The fraction of sp³-hybridized carbons (Fsp3) is 0.333. The first-order valence-electron chi connectivity index (χ1n) is 7.26. The van der Waals surface area contributed by atoms with Gasteiger partial charge in [-0.15, -0.1) is 5.10 Å². The van der Waals surface area contributed by atoms with Crippen molar-refractivity contribution < 1.29 is 17.5 Å². The van der Waals surface area contributed by atoms with Crippen molar-refractivity contribution in [2.24, 2.45) is 0 Å². The van der Waals surface area contributed by atoms with Crippen LogP contribution >= 0.6 is 0 Å². The summed E-state index contributed by atoms with van der Waals surface area (Å²) in [5.41, 5.74) is 0. The van der Waals surface area contributed by atoms with Gasteiger partial charge in [-0.25, -0.2) is 12.8 Å². The number of ether oxygens (including phenoxy) is 1. The number of sulfonamides is 1. The summed E-state index contributed by atoms with van der Waals surface area (Å²) in [6.07, 6.45) is 2.46. The number of halogens is 1. The van der Waals surface area contributed by atoms with E-state index in [1.165, 1.54) is 22.5 Å². The molecule has 122 valence electrons. The standard InChI is InChI=1S/C15H16FN3O3S/c16-13-4-1-2-5-14(13)23(20,21)19-10-7-12(8-11-19)22-15-6-3-9-17-18-15/h1-6,9,12H,7-8,10-11H2. The van der Waals surface area contributed by atoms with Crippen molar-refractivity contribution in [3.05, 3.63) is 48.4 Å². The number of hydrogen-bond donors (Lipinski definition) is 0. The number of hydrogen-bond acceptors (Lipinski definition) is 5. The SMILES string of the molecule is O=S(=O)(c1ccccc1F)N1CCC(Oc2cccnn2)CC1. The molecule has 0 radical (unpaired) electrons. The van der Waals surface area contributed by atoms with Crippen LogP contribution in [0.15, 0.2) is 47.5 Å². The molecule has 0 saturated carbocycles. The predicted octanol–water partition coefficient (Wildman–Crippen LogP) is 1.85. The number of piperidine rings is 1. The lowest BCUT2D eigenvalue weighted by molar-refractivity contribution is 0.128. The largest absolute Gasteiger partial charge is 0.473 e. The van der Waals surface area contributed by atoms with E-state index in [1.807, 2.05) is 0 Å². The van der Waals surface area contributed by atoms with E-state index in [2.05, 4.69) is 10.2 Å². The minimum Gasteiger partial charge on any atom is -0.473 e. The summed E-state index contributed by atoms with van der Waals surface area (Å²) in [5.74, 6) is -0.312. The maximum Gasteiger partial charge on any atom is 0.245 e. The Labute approximate surface area is 134 Å². The Morgan fingerprint density at radius 1 is 1.13 bits per heavy atom. The number of nitrogens with zero attached hydrogens (tertiary/aromatic N) is 3. The summed E-state index contributed by atoms with van der Waals surface area (Å²) in [6, 6.07) is 8.84. The maximum atomic E-state index is 13.8. The molecule has 2 heterocycles. The molecule has 0 N–H and O–H groups in total. The molecule has 6 nitrogen and oxygen atoms in total. The van der Waals surface area contributed by atoms with Crippen LogP contribution in [0.4, 0.5) is 4.39 Å². The lowest BCUT2D eigenvalue weighted by Crippen LogP contribution is -2.42. The van der Waals surface area contributed by atoms with Gasteiger partial charge in [-0.3, -0.25) is 0 Å². The fourth-order valence-corrected chi connectivity index (χ4v) is 4.04. The Balaban J connectivity index is 1.66. The molecule has 0 unspecified atom stereocenters. The van der Waals surface area contributed by atoms with Crippen molar-refractivity contribution in [2.75, 3.05) is 13.1 Å². The van der Waals surface area contributed by atoms with Gasteiger partial charge >= 0.3 is 0 Å². The molecule has 0 amide bonds. The first-order chi connectivity index (χ1) is 11.1. The molecule has 0 aliphatic carbocycles. The first-order valence-corrected chi connectivity index (χ1v) is 8.70. The average molecular weight is 337 g/mol. The zero-order valence-electron chi connectivity index (χ0n) is 12.3. The topological polar surface area (TPSA) is 72.4 Å². The predicted molar refractivity (Wildman–Crippen MR) is 80.8 cm³/mol. The third-order valence-corrected chi connectivity index (χ3v) is 5.62. The van der Waals surface area contributed by atoms with Gasteiger partial charge in [0, 0.05) is 25.4 Å². The Hall–Kier alpha value is -2.06. The molecule has 0 bridgehead atoms. The van der Waals surface area contributed by atoms with Crippen LogP contribution in [0.2, 0.25) is 0 Å². The molecule has 2 aromatic rings. The summed E-state index contributed by atoms with van der Waals surface area (Å²) in [4.78, 5) is -0.284. The molecular weight excluding hydrogens is 321 g/mol. The lowest BCUT2D eigenvalue weighted by Gasteiger charge is -2.31. The molecule has 8 heteroatoms. The molecule has 1 aromatic heterocycles.